The molecule has 0 unspecified atom stereocenters. The van der Waals surface area contributed by atoms with Crippen molar-refractivity contribution < 1.29 is 23.8 Å². The van der Waals surface area contributed by atoms with Crippen LogP contribution in [0.4, 0.5) is 0 Å². The van der Waals surface area contributed by atoms with Crippen LogP contribution in [0, 0.1) is 23.2 Å². The lowest BCUT2D eigenvalue weighted by Crippen LogP contribution is -2.51. The molecule has 6 rings (SSSR count). The number of benzene rings is 1. The summed E-state index contributed by atoms with van der Waals surface area (Å²) in [4.78, 5) is 25.4. The van der Waals surface area contributed by atoms with Crippen LogP contribution in [0.25, 0.3) is 0 Å². The fraction of sp³-hybridized carbons (Fsp3) is 0.667. The van der Waals surface area contributed by atoms with Crippen LogP contribution in [0.15, 0.2) is 24.3 Å². The van der Waals surface area contributed by atoms with Crippen LogP contribution in [0.3, 0.4) is 0 Å². The van der Waals surface area contributed by atoms with E-state index in [1.54, 1.807) is 24.3 Å². The molecule has 4 saturated carbocycles. The summed E-state index contributed by atoms with van der Waals surface area (Å²) < 4.78 is 16.7. The quantitative estimate of drug-likeness (QED) is 0.645. The molecule has 156 valence electrons. The maximum atomic E-state index is 13.0. The molecule has 1 saturated heterocycles. The van der Waals surface area contributed by atoms with Crippen LogP contribution < -0.4 is 4.74 Å². The Hall–Kier alpha value is -1.88. The zero-order valence-electron chi connectivity index (χ0n) is 16.9. The molecule has 1 atom stereocenters. The van der Waals surface area contributed by atoms with Crippen LogP contribution in [-0.2, 0) is 14.3 Å². The average Bonchev–Trinajstić information content (AvgIpc) is 3.23. The van der Waals surface area contributed by atoms with E-state index >= 15 is 0 Å². The van der Waals surface area contributed by atoms with Gasteiger partial charge < -0.3 is 14.2 Å². The topological polar surface area (TPSA) is 61.8 Å². The van der Waals surface area contributed by atoms with Gasteiger partial charge in [-0.3, -0.25) is 4.79 Å². The van der Waals surface area contributed by atoms with E-state index in [1.807, 2.05) is 0 Å². The molecule has 1 heterocycles. The number of ketones is 1. The Morgan fingerprint density at radius 2 is 1.66 bits per heavy atom. The van der Waals surface area contributed by atoms with E-state index in [4.69, 9.17) is 14.2 Å². The minimum Gasteiger partial charge on any atom is -0.491 e. The summed E-state index contributed by atoms with van der Waals surface area (Å²) >= 11 is 0. The van der Waals surface area contributed by atoms with Gasteiger partial charge in [-0.2, -0.15) is 0 Å². The fourth-order valence-corrected chi connectivity index (χ4v) is 6.47. The van der Waals surface area contributed by atoms with Crippen LogP contribution >= 0.6 is 0 Å². The molecule has 4 aliphatic carbocycles. The minimum atomic E-state index is -0.436. The summed E-state index contributed by atoms with van der Waals surface area (Å²) in [5.41, 5.74) is 0.238. The molecule has 5 heteroatoms. The number of ether oxygens (including phenoxy) is 3. The first-order valence-electron chi connectivity index (χ1n) is 11.1. The molecule has 1 aromatic rings. The van der Waals surface area contributed by atoms with Crippen molar-refractivity contribution in [1.82, 2.24) is 0 Å². The van der Waals surface area contributed by atoms with Gasteiger partial charge in [0.25, 0.3) is 0 Å². The summed E-state index contributed by atoms with van der Waals surface area (Å²) in [6, 6.07) is 6.93. The van der Waals surface area contributed by atoms with E-state index in [1.165, 1.54) is 19.3 Å². The Morgan fingerprint density at radius 1 is 1.00 bits per heavy atom. The third-order valence-corrected chi connectivity index (χ3v) is 7.51. The third kappa shape index (κ3) is 3.94. The third-order valence-electron chi connectivity index (χ3n) is 7.51. The van der Waals surface area contributed by atoms with Crippen molar-refractivity contribution in [3.05, 3.63) is 29.8 Å². The Labute approximate surface area is 172 Å². The van der Waals surface area contributed by atoms with E-state index in [-0.39, 0.29) is 23.9 Å². The SMILES string of the molecule is O=C(OCC(=O)C12CC3CC(CC(C3)C1)C2)c1ccc(OC[C@H]2CCCO2)cc1. The van der Waals surface area contributed by atoms with E-state index in [2.05, 4.69) is 0 Å². The first-order chi connectivity index (χ1) is 14.1. The summed E-state index contributed by atoms with van der Waals surface area (Å²) in [5, 5.41) is 0. The molecule has 4 bridgehead atoms. The zero-order chi connectivity index (χ0) is 19.8. The van der Waals surface area contributed by atoms with Gasteiger partial charge in [-0.25, -0.2) is 4.79 Å². The van der Waals surface area contributed by atoms with Gasteiger partial charge in [-0.15, -0.1) is 0 Å². The second-order valence-electron chi connectivity index (χ2n) is 9.67. The number of hydrogen-bond donors (Lipinski definition) is 0. The molecule has 1 aliphatic heterocycles. The first-order valence-corrected chi connectivity index (χ1v) is 11.1. The van der Waals surface area contributed by atoms with Gasteiger partial charge in [-0.05, 0) is 93.4 Å². The number of carbonyl (C=O) groups is 2. The highest BCUT2D eigenvalue weighted by Gasteiger charge is 2.54. The molecule has 29 heavy (non-hydrogen) atoms. The van der Waals surface area contributed by atoms with Gasteiger partial charge in [0.05, 0.1) is 11.7 Å². The lowest BCUT2D eigenvalue weighted by molar-refractivity contribution is -0.147. The molecule has 5 nitrogen and oxygen atoms in total. The van der Waals surface area contributed by atoms with Gasteiger partial charge in [-0.1, -0.05) is 0 Å². The highest BCUT2D eigenvalue weighted by atomic mass is 16.5. The van der Waals surface area contributed by atoms with E-state index in [0.29, 0.717) is 35.7 Å². The highest BCUT2D eigenvalue weighted by molar-refractivity contribution is 5.93. The minimum absolute atomic E-state index is 0.0950. The van der Waals surface area contributed by atoms with Crippen LogP contribution in [0.2, 0.25) is 0 Å². The zero-order valence-corrected chi connectivity index (χ0v) is 16.9. The lowest BCUT2D eigenvalue weighted by atomic mass is 9.48. The van der Waals surface area contributed by atoms with Gasteiger partial charge in [0.2, 0.25) is 0 Å². The van der Waals surface area contributed by atoms with Crippen molar-refractivity contribution in [3.8, 4) is 5.75 Å². The number of hydrogen-bond acceptors (Lipinski definition) is 5. The van der Waals surface area contributed by atoms with Crippen molar-refractivity contribution in [2.24, 2.45) is 23.2 Å². The second kappa shape index (κ2) is 7.75. The van der Waals surface area contributed by atoms with Gasteiger partial charge in [0.15, 0.2) is 12.4 Å². The van der Waals surface area contributed by atoms with Crippen LogP contribution in [0.1, 0.15) is 61.7 Å². The molecule has 5 fully saturated rings. The van der Waals surface area contributed by atoms with Gasteiger partial charge >= 0.3 is 5.97 Å². The Kier molecular flexibility index (Phi) is 5.10. The van der Waals surface area contributed by atoms with Crippen molar-refractivity contribution in [1.29, 1.82) is 0 Å². The van der Waals surface area contributed by atoms with Crippen molar-refractivity contribution in [2.75, 3.05) is 19.8 Å². The second-order valence-corrected chi connectivity index (χ2v) is 9.67. The smallest absolute Gasteiger partial charge is 0.338 e. The molecule has 0 aromatic heterocycles. The van der Waals surface area contributed by atoms with Gasteiger partial charge in [0, 0.05) is 12.0 Å². The summed E-state index contributed by atoms with van der Waals surface area (Å²) in [5.74, 6) is 2.55. The number of carbonyl (C=O) groups excluding carboxylic acids is 2. The van der Waals surface area contributed by atoms with Crippen molar-refractivity contribution in [3.63, 3.8) is 0 Å². The van der Waals surface area contributed by atoms with E-state index in [0.717, 1.165) is 38.7 Å². The molecular weight excluding hydrogens is 368 g/mol. The normalized spacial score (nSPS) is 34.9. The summed E-state index contributed by atoms with van der Waals surface area (Å²) in [7, 11) is 0. The number of esters is 1. The van der Waals surface area contributed by atoms with E-state index < -0.39 is 5.97 Å². The molecule has 0 spiro atoms. The average molecular weight is 398 g/mol. The van der Waals surface area contributed by atoms with Crippen molar-refractivity contribution in [2.45, 2.75) is 57.5 Å². The first kappa shape index (κ1) is 19.1. The summed E-state index contributed by atoms with van der Waals surface area (Å²) in [6.45, 7) is 1.24. The summed E-state index contributed by atoms with van der Waals surface area (Å²) in [6.07, 6.45) is 9.19. The standard InChI is InChI=1S/C24H30O5/c25-22(24-11-16-8-17(12-24)10-18(9-16)13-24)15-29-23(26)19-3-5-20(6-4-19)28-14-21-2-1-7-27-21/h3-6,16-18,21H,1-2,7-15H2/t16?,17?,18?,21-,24?/m1/s1. The molecular formula is C24H30O5. The number of Topliss-reactive ketones (excluding diaryl/α,β-unsaturated/α-hetero) is 1. The molecule has 0 amide bonds. The van der Waals surface area contributed by atoms with Crippen LogP contribution in [-0.4, -0.2) is 37.7 Å². The molecule has 5 aliphatic rings. The predicted octanol–water partition coefficient (Wildman–Crippen LogP) is 4.19. The molecule has 1 aromatic carbocycles. The number of rotatable bonds is 7. The molecule has 0 radical (unpaired) electrons. The lowest BCUT2D eigenvalue weighted by Gasteiger charge is -2.55. The largest absolute Gasteiger partial charge is 0.491 e. The van der Waals surface area contributed by atoms with E-state index in [9.17, 15) is 9.59 Å². The maximum Gasteiger partial charge on any atom is 0.338 e. The van der Waals surface area contributed by atoms with Gasteiger partial charge in [0.1, 0.15) is 12.4 Å². The van der Waals surface area contributed by atoms with Crippen LogP contribution in [0.5, 0.6) is 5.75 Å². The predicted molar refractivity (Wildman–Crippen MR) is 107 cm³/mol. The Morgan fingerprint density at radius 3 is 2.24 bits per heavy atom. The van der Waals surface area contributed by atoms with Crippen molar-refractivity contribution >= 4 is 11.8 Å². The highest BCUT2D eigenvalue weighted by Crippen LogP contribution is 2.60. The Bertz CT molecular complexity index is 727. The fourth-order valence-electron chi connectivity index (χ4n) is 6.47. The Balaban J connectivity index is 1.13. The maximum absolute atomic E-state index is 13.0. The molecule has 0 N–H and O–H groups in total. The monoisotopic (exact) mass is 398 g/mol.